The predicted octanol–water partition coefficient (Wildman–Crippen LogP) is 3.45. The van der Waals surface area contributed by atoms with Crippen molar-refractivity contribution in [3.8, 4) is 17.2 Å². The van der Waals surface area contributed by atoms with Crippen LogP contribution in [0.3, 0.4) is 0 Å². The predicted molar refractivity (Wildman–Crippen MR) is 133 cm³/mol. The summed E-state index contributed by atoms with van der Waals surface area (Å²) in [4.78, 5) is 41.5. The van der Waals surface area contributed by atoms with Crippen LogP contribution >= 0.6 is 0 Å². The van der Waals surface area contributed by atoms with E-state index in [-0.39, 0.29) is 23.1 Å². The standard InChI is InChI=1S/C27H32N2O8/c1-5-19-10-9-13-21(27(32)36-17(2)24(19)37-20-11-7-6-8-12-20)29-26(31)23-25(35-16-34-18(3)30)22(33-4)14-15-28-23/h5-8,11-12,14-15,17,19,21,24H,1,9-10,13,16H2,2-4H3,(H,29,31). The van der Waals surface area contributed by atoms with Crippen LogP contribution in [0.1, 0.15) is 43.6 Å². The number of methoxy groups -OCH3 is 1. The van der Waals surface area contributed by atoms with Gasteiger partial charge in [0.2, 0.25) is 6.79 Å². The first-order valence-corrected chi connectivity index (χ1v) is 12.0. The van der Waals surface area contributed by atoms with Crippen molar-refractivity contribution in [3.05, 3.63) is 60.9 Å². The Bertz CT molecular complexity index is 1090. The van der Waals surface area contributed by atoms with Gasteiger partial charge in [0.05, 0.1) is 7.11 Å². The molecule has 1 aliphatic rings. The van der Waals surface area contributed by atoms with Crippen molar-refractivity contribution in [2.24, 2.45) is 5.92 Å². The minimum atomic E-state index is -0.926. The zero-order valence-electron chi connectivity index (χ0n) is 21.2. The van der Waals surface area contributed by atoms with E-state index in [9.17, 15) is 14.4 Å². The number of nitrogens with zero attached hydrogens (tertiary/aromatic N) is 1. The Morgan fingerprint density at radius 2 is 1.97 bits per heavy atom. The van der Waals surface area contributed by atoms with Crippen molar-refractivity contribution in [1.82, 2.24) is 10.3 Å². The molecule has 37 heavy (non-hydrogen) atoms. The number of rotatable bonds is 9. The van der Waals surface area contributed by atoms with Gasteiger partial charge in [0, 0.05) is 25.1 Å². The van der Waals surface area contributed by atoms with Gasteiger partial charge in [-0.25, -0.2) is 9.78 Å². The normalized spacial score (nSPS) is 21.8. The van der Waals surface area contributed by atoms with E-state index < -0.39 is 42.9 Å². The van der Waals surface area contributed by atoms with Gasteiger partial charge in [-0.15, -0.1) is 6.58 Å². The summed E-state index contributed by atoms with van der Waals surface area (Å²) in [5.74, 6) is -1.01. The van der Waals surface area contributed by atoms with Crippen LogP contribution in [-0.4, -0.2) is 55.0 Å². The zero-order valence-corrected chi connectivity index (χ0v) is 21.2. The lowest BCUT2D eigenvalue weighted by atomic mass is 9.92. The number of ether oxygens (including phenoxy) is 5. The monoisotopic (exact) mass is 512 g/mol. The Kier molecular flexibility index (Phi) is 9.88. The molecule has 0 bridgehead atoms. The lowest BCUT2D eigenvalue weighted by molar-refractivity contribution is -0.155. The van der Waals surface area contributed by atoms with Crippen molar-refractivity contribution >= 4 is 17.8 Å². The molecule has 1 fully saturated rings. The number of carbonyl (C=O) groups excluding carboxylic acids is 3. The largest absolute Gasteiger partial charge is 0.493 e. The average Bonchev–Trinajstić information content (AvgIpc) is 2.93. The van der Waals surface area contributed by atoms with Gasteiger partial charge in [-0.3, -0.25) is 9.59 Å². The molecule has 1 aliphatic heterocycles. The molecule has 4 unspecified atom stereocenters. The van der Waals surface area contributed by atoms with Crippen molar-refractivity contribution in [2.45, 2.75) is 51.4 Å². The van der Waals surface area contributed by atoms with Gasteiger partial charge in [0.1, 0.15) is 24.0 Å². The number of carbonyl (C=O) groups is 3. The molecule has 1 N–H and O–H groups in total. The van der Waals surface area contributed by atoms with E-state index in [2.05, 4.69) is 16.9 Å². The van der Waals surface area contributed by atoms with Crippen molar-refractivity contribution in [1.29, 1.82) is 0 Å². The molecule has 1 saturated heterocycles. The molecule has 0 radical (unpaired) electrons. The van der Waals surface area contributed by atoms with Gasteiger partial charge in [-0.05, 0) is 31.9 Å². The van der Waals surface area contributed by atoms with Crippen LogP contribution in [0, 0.1) is 5.92 Å². The number of nitrogens with one attached hydrogen (secondary N) is 1. The highest BCUT2D eigenvalue weighted by atomic mass is 16.7. The van der Waals surface area contributed by atoms with Gasteiger partial charge in [-0.2, -0.15) is 0 Å². The molecule has 0 saturated carbocycles. The maximum absolute atomic E-state index is 13.2. The topological polar surface area (TPSA) is 122 Å². The summed E-state index contributed by atoms with van der Waals surface area (Å²) in [5, 5.41) is 2.70. The molecule has 2 heterocycles. The summed E-state index contributed by atoms with van der Waals surface area (Å²) in [5.41, 5.74) is -0.124. The molecule has 198 valence electrons. The second-order valence-corrected chi connectivity index (χ2v) is 8.48. The molecule has 1 aromatic heterocycles. The van der Waals surface area contributed by atoms with Crippen molar-refractivity contribution < 1.29 is 38.1 Å². The summed E-state index contributed by atoms with van der Waals surface area (Å²) in [7, 11) is 1.40. The number of cyclic esters (lactones) is 1. The number of para-hydroxylation sites is 1. The zero-order chi connectivity index (χ0) is 26.8. The first-order valence-electron chi connectivity index (χ1n) is 12.0. The third-order valence-corrected chi connectivity index (χ3v) is 5.89. The van der Waals surface area contributed by atoms with E-state index in [1.807, 2.05) is 36.4 Å². The van der Waals surface area contributed by atoms with Gasteiger partial charge in [0.15, 0.2) is 17.2 Å². The number of amides is 1. The molecule has 0 aliphatic carbocycles. The molecule has 4 atom stereocenters. The molecule has 3 rings (SSSR count). The van der Waals surface area contributed by atoms with E-state index in [0.29, 0.717) is 25.0 Å². The summed E-state index contributed by atoms with van der Waals surface area (Å²) >= 11 is 0. The number of esters is 2. The van der Waals surface area contributed by atoms with Gasteiger partial charge < -0.3 is 29.0 Å². The van der Waals surface area contributed by atoms with E-state index >= 15 is 0 Å². The molecule has 1 amide bonds. The van der Waals surface area contributed by atoms with Crippen LogP contribution in [0.4, 0.5) is 0 Å². The SMILES string of the molecule is C=CC1CCCC(NC(=O)c2nccc(OC)c2OCOC(C)=O)C(=O)OC(C)C1Oc1ccccc1. The Morgan fingerprint density at radius 3 is 2.65 bits per heavy atom. The lowest BCUT2D eigenvalue weighted by Gasteiger charge is -2.30. The highest BCUT2D eigenvalue weighted by Crippen LogP contribution is 2.30. The van der Waals surface area contributed by atoms with Crippen LogP contribution in [0.15, 0.2) is 55.3 Å². The second-order valence-electron chi connectivity index (χ2n) is 8.48. The average molecular weight is 513 g/mol. The van der Waals surface area contributed by atoms with Crippen LogP contribution in [0.5, 0.6) is 17.2 Å². The second kappa shape index (κ2) is 13.3. The lowest BCUT2D eigenvalue weighted by Crippen LogP contribution is -2.45. The highest BCUT2D eigenvalue weighted by molar-refractivity contribution is 5.98. The maximum atomic E-state index is 13.2. The molecule has 0 spiro atoms. The Labute approximate surface area is 215 Å². The van der Waals surface area contributed by atoms with Crippen LogP contribution < -0.4 is 19.5 Å². The molecule has 1 aromatic carbocycles. The fourth-order valence-corrected chi connectivity index (χ4v) is 4.03. The maximum Gasteiger partial charge on any atom is 0.329 e. The number of benzene rings is 1. The van der Waals surface area contributed by atoms with E-state index in [4.69, 9.17) is 23.7 Å². The van der Waals surface area contributed by atoms with Crippen molar-refractivity contribution in [3.63, 3.8) is 0 Å². The first-order chi connectivity index (χ1) is 17.8. The third kappa shape index (κ3) is 7.45. The van der Waals surface area contributed by atoms with E-state index in [1.165, 1.54) is 26.3 Å². The van der Waals surface area contributed by atoms with Crippen LogP contribution in [-0.2, 0) is 19.1 Å². The van der Waals surface area contributed by atoms with Gasteiger partial charge in [0.25, 0.3) is 5.91 Å². The summed E-state index contributed by atoms with van der Waals surface area (Å²) in [6.45, 7) is 6.50. The minimum Gasteiger partial charge on any atom is -0.493 e. The first kappa shape index (κ1) is 27.5. The Hall–Kier alpha value is -4.08. The number of hydrogen-bond acceptors (Lipinski definition) is 9. The smallest absolute Gasteiger partial charge is 0.329 e. The third-order valence-electron chi connectivity index (χ3n) is 5.89. The van der Waals surface area contributed by atoms with Gasteiger partial charge >= 0.3 is 11.9 Å². The highest BCUT2D eigenvalue weighted by Gasteiger charge is 2.35. The Morgan fingerprint density at radius 1 is 1.22 bits per heavy atom. The number of hydrogen-bond donors (Lipinski definition) is 1. The number of pyridine rings is 1. The van der Waals surface area contributed by atoms with E-state index in [1.54, 1.807) is 6.92 Å². The minimum absolute atomic E-state index is 0.0170. The van der Waals surface area contributed by atoms with Gasteiger partial charge in [-0.1, -0.05) is 30.7 Å². The number of aromatic nitrogens is 1. The Balaban J connectivity index is 1.76. The quantitative estimate of drug-likeness (QED) is 0.306. The molecule has 10 nitrogen and oxygen atoms in total. The van der Waals surface area contributed by atoms with Crippen LogP contribution in [0.25, 0.3) is 0 Å². The molecule has 2 aromatic rings. The van der Waals surface area contributed by atoms with Crippen molar-refractivity contribution in [2.75, 3.05) is 13.9 Å². The molecule has 10 heteroatoms. The summed E-state index contributed by atoms with van der Waals surface area (Å²) in [6, 6.07) is 9.88. The molecular formula is C27H32N2O8. The summed E-state index contributed by atoms with van der Waals surface area (Å²) in [6.07, 6.45) is 3.76. The summed E-state index contributed by atoms with van der Waals surface area (Å²) < 4.78 is 27.4. The van der Waals surface area contributed by atoms with E-state index in [0.717, 1.165) is 0 Å². The fraction of sp³-hybridized carbons (Fsp3) is 0.407. The van der Waals surface area contributed by atoms with Crippen LogP contribution in [0.2, 0.25) is 0 Å². The molecular weight excluding hydrogens is 480 g/mol. The fourth-order valence-electron chi connectivity index (χ4n) is 4.03.